The van der Waals surface area contributed by atoms with Crippen molar-refractivity contribution in [1.29, 1.82) is 0 Å². The van der Waals surface area contributed by atoms with Crippen molar-refractivity contribution in [3.8, 4) is 5.75 Å². The highest BCUT2D eigenvalue weighted by Crippen LogP contribution is 2.35. The van der Waals surface area contributed by atoms with Crippen molar-refractivity contribution in [3.05, 3.63) is 89.5 Å². The summed E-state index contributed by atoms with van der Waals surface area (Å²) in [6, 6.07) is 23.2. The number of aryl methyl sites for hydroxylation is 1. The van der Waals surface area contributed by atoms with Gasteiger partial charge in [0.05, 0.1) is 0 Å². The van der Waals surface area contributed by atoms with Gasteiger partial charge in [-0.25, -0.2) is 0 Å². The molecule has 36 heavy (non-hydrogen) atoms. The smallest absolute Gasteiger partial charge is 0.262 e. The van der Waals surface area contributed by atoms with Crippen LogP contribution in [0.5, 0.6) is 5.75 Å². The summed E-state index contributed by atoms with van der Waals surface area (Å²) in [5, 5.41) is 5.75. The highest BCUT2D eigenvalue weighted by molar-refractivity contribution is 5.93. The fourth-order valence-electron chi connectivity index (χ4n) is 3.81. The molecule has 0 heterocycles. The monoisotopic (exact) mass is 486 g/mol. The summed E-state index contributed by atoms with van der Waals surface area (Å²) in [6.45, 7) is 12.9. The molecule has 0 unspecified atom stereocenters. The second-order valence-corrected chi connectivity index (χ2v) is 11.2. The molecule has 2 N–H and O–H groups in total. The van der Waals surface area contributed by atoms with Crippen LogP contribution in [-0.2, 0) is 26.8 Å². The van der Waals surface area contributed by atoms with Gasteiger partial charge in [0.1, 0.15) is 5.75 Å². The fraction of sp³-hybridized carbons (Fsp3) is 0.355. The number of ether oxygens (including phenoxy) is 1. The Labute approximate surface area is 215 Å². The first-order valence-corrected chi connectivity index (χ1v) is 12.4. The molecule has 0 fully saturated rings. The van der Waals surface area contributed by atoms with Crippen LogP contribution in [0.15, 0.2) is 72.8 Å². The van der Waals surface area contributed by atoms with Gasteiger partial charge in [-0.05, 0) is 64.3 Å². The van der Waals surface area contributed by atoms with Crippen LogP contribution in [-0.4, -0.2) is 18.4 Å². The topological polar surface area (TPSA) is 67.4 Å². The van der Waals surface area contributed by atoms with E-state index in [-0.39, 0.29) is 29.3 Å². The maximum Gasteiger partial charge on any atom is 0.262 e. The first kappa shape index (κ1) is 27.0. The molecule has 5 heteroatoms. The lowest BCUT2D eigenvalue weighted by atomic mass is 9.80. The quantitative estimate of drug-likeness (QED) is 0.365. The lowest BCUT2D eigenvalue weighted by Crippen LogP contribution is -2.22. The van der Waals surface area contributed by atoms with Gasteiger partial charge < -0.3 is 15.4 Å². The van der Waals surface area contributed by atoms with Crippen molar-refractivity contribution in [3.63, 3.8) is 0 Å². The van der Waals surface area contributed by atoms with Crippen LogP contribution in [0.25, 0.3) is 0 Å². The average molecular weight is 487 g/mol. The first-order chi connectivity index (χ1) is 16.9. The molecule has 0 saturated heterocycles. The largest absolute Gasteiger partial charge is 0.483 e. The second-order valence-electron chi connectivity index (χ2n) is 11.2. The Morgan fingerprint density at radius 3 is 1.86 bits per heavy atom. The maximum atomic E-state index is 12.5. The maximum absolute atomic E-state index is 12.5. The molecule has 0 aliphatic heterocycles. The molecule has 0 aliphatic carbocycles. The van der Waals surface area contributed by atoms with E-state index in [0.717, 1.165) is 16.9 Å². The molecule has 3 aromatic rings. The zero-order chi connectivity index (χ0) is 26.3. The summed E-state index contributed by atoms with van der Waals surface area (Å²) >= 11 is 0. The van der Waals surface area contributed by atoms with Gasteiger partial charge >= 0.3 is 0 Å². The Hall–Kier alpha value is -3.60. The van der Waals surface area contributed by atoms with Crippen molar-refractivity contribution < 1.29 is 14.3 Å². The van der Waals surface area contributed by atoms with Crippen molar-refractivity contribution >= 4 is 23.2 Å². The third-order valence-corrected chi connectivity index (χ3v) is 5.95. The highest BCUT2D eigenvalue weighted by atomic mass is 16.5. The second kappa shape index (κ2) is 11.4. The van der Waals surface area contributed by atoms with E-state index in [4.69, 9.17) is 4.74 Å². The van der Waals surface area contributed by atoms with Crippen LogP contribution in [0.4, 0.5) is 11.4 Å². The van der Waals surface area contributed by atoms with Crippen LogP contribution in [0.2, 0.25) is 0 Å². The number of hydrogen-bond donors (Lipinski definition) is 2. The number of benzene rings is 3. The zero-order valence-corrected chi connectivity index (χ0v) is 22.3. The van der Waals surface area contributed by atoms with Gasteiger partial charge in [0.15, 0.2) is 6.61 Å². The van der Waals surface area contributed by atoms with E-state index < -0.39 is 0 Å². The third kappa shape index (κ3) is 7.98. The van der Waals surface area contributed by atoms with E-state index in [1.165, 1.54) is 5.56 Å². The van der Waals surface area contributed by atoms with E-state index >= 15 is 0 Å². The summed E-state index contributed by atoms with van der Waals surface area (Å²) in [7, 11) is 0. The number of carbonyl (C=O) groups is 2. The lowest BCUT2D eigenvalue weighted by Gasteiger charge is -2.27. The van der Waals surface area contributed by atoms with Crippen LogP contribution < -0.4 is 15.4 Å². The summed E-state index contributed by atoms with van der Waals surface area (Å²) < 4.78 is 5.94. The van der Waals surface area contributed by atoms with Gasteiger partial charge in [-0.2, -0.15) is 0 Å². The Bertz CT molecular complexity index is 1170. The molecule has 3 rings (SSSR count). The highest BCUT2D eigenvalue weighted by Gasteiger charge is 2.23. The SMILES string of the molecule is CC(C)(C)c1ccc(OCC(=O)Nc2ccc(NC(=O)CCc3ccccc3)cc2)c(C(C)(C)C)c1. The summed E-state index contributed by atoms with van der Waals surface area (Å²) in [6.07, 6.45) is 1.10. The minimum atomic E-state index is -0.241. The molecule has 0 atom stereocenters. The standard InChI is InChI=1S/C31H38N2O3/c1-30(2,3)23-13-18-27(26(20-23)31(4,5)6)36-21-29(35)33-25-16-14-24(15-17-25)32-28(34)19-12-22-10-8-7-9-11-22/h7-11,13-18,20H,12,19,21H2,1-6H3,(H,32,34)(H,33,35). The van der Waals surface area contributed by atoms with Gasteiger partial charge in [-0.3, -0.25) is 9.59 Å². The van der Waals surface area contributed by atoms with Crippen molar-refractivity contribution in [2.75, 3.05) is 17.2 Å². The van der Waals surface area contributed by atoms with Gasteiger partial charge in [0, 0.05) is 17.8 Å². The minimum absolute atomic E-state index is 0.0312. The van der Waals surface area contributed by atoms with Crippen LogP contribution in [0, 0.1) is 0 Å². The van der Waals surface area contributed by atoms with Gasteiger partial charge in [-0.15, -0.1) is 0 Å². The third-order valence-electron chi connectivity index (χ3n) is 5.95. The van der Waals surface area contributed by atoms with Gasteiger partial charge in [0.25, 0.3) is 5.91 Å². The molecule has 3 aromatic carbocycles. The molecule has 190 valence electrons. The molecule has 0 saturated carbocycles. The molecule has 0 bridgehead atoms. The Morgan fingerprint density at radius 2 is 1.31 bits per heavy atom. The van der Waals surface area contributed by atoms with Crippen LogP contribution in [0.1, 0.15) is 64.7 Å². The van der Waals surface area contributed by atoms with E-state index in [1.807, 2.05) is 36.4 Å². The van der Waals surface area contributed by atoms with Gasteiger partial charge in [0.2, 0.25) is 5.91 Å². The number of carbonyl (C=O) groups excluding carboxylic acids is 2. The summed E-state index contributed by atoms with van der Waals surface area (Å²) in [5.74, 6) is 0.435. The Kier molecular flexibility index (Phi) is 8.57. The van der Waals surface area contributed by atoms with E-state index in [0.29, 0.717) is 24.2 Å². The number of hydrogen-bond acceptors (Lipinski definition) is 3. The average Bonchev–Trinajstić information content (AvgIpc) is 2.82. The fourth-order valence-corrected chi connectivity index (χ4v) is 3.81. The normalized spacial score (nSPS) is 11.6. The Balaban J connectivity index is 1.53. The number of amides is 2. The number of nitrogens with one attached hydrogen (secondary N) is 2. The summed E-state index contributed by atoms with van der Waals surface area (Å²) in [5.41, 5.74) is 4.69. The van der Waals surface area contributed by atoms with Crippen molar-refractivity contribution in [1.82, 2.24) is 0 Å². The molecule has 0 radical (unpaired) electrons. The van der Waals surface area contributed by atoms with Crippen LogP contribution in [0.3, 0.4) is 0 Å². The van der Waals surface area contributed by atoms with Crippen molar-refractivity contribution in [2.45, 2.75) is 65.2 Å². The molecule has 5 nitrogen and oxygen atoms in total. The first-order valence-electron chi connectivity index (χ1n) is 12.4. The van der Waals surface area contributed by atoms with Crippen LogP contribution >= 0.6 is 0 Å². The number of anilines is 2. The number of rotatable bonds is 8. The molecular formula is C31H38N2O3. The lowest BCUT2D eigenvalue weighted by molar-refractivity contribution is -0.118. The van der Waals surface area contributed by atoms with E-state index in [2.05, 4.69) is 64.3 Å². The molecule has 2 amide bonds. The summed E-state index contributed by atoms with van der Waals surface area (Å²) in [4.78, 5) is 24.8. The molecule has 0 spiro atoms. The minimum Gasteiger partial charge on any atom is -0.483 e. The Morgan fingerprint density at radius 1 is 0.722 bits per heavy atom. The van der Waals surface area contributed by atoms with Crippen molar-refractivity contribution in [2.24, 2.45) is 0 Å². The van der Waals surface area contributed by atoms with E-state index in [9.17, 15) is 9.59 Å². The van der Waals surface area contributed by atoms with Gasteiger partial charge in [-0.1, -0.05) is 84.0 Å². The predicted octanol–water partition coefficient (Wildman–Crippen LogP) is 6.87. The molecular weight excluding hydrogens is 448 g/mol. The zero-order valence-electron chi connectivity index (χ0n) is 22.3. The molecule has 0 aliphatic rings. The van der Waals surface area contributed by atoms with E-state index in [1.54, 1.807) is 24.3 Å². The molecule has 0 aromatic heterocycles. The predicted molar refractivity (Wildman–Crippen MR) is 148 cm³/mol.